The monoisotopic (exact) mass is 449 g/mol. The predicted molar refractivity (Wildman–Crippen MR) is 110 cm³/mol. The average molecular weight is 449 g/mol. The topological polar surface area (TPSA) is 77.8 Å². The molecular weight excluding hydrogens is 427 g/mol. The third-order valence-corrected chi connectivity index (χ3v) is 4.70. The Kier molecular flexibility index (Phi) is 6.47. The summed E-state index contributed by atoms with van der Waals surface area (Å²) in [5.74, 6) is -3.99. The van der Waals surface area contributed by atoms with E-state index in [1.165, 1.54) is 6.07 Å². The molecule has 32 heavy (non-hydrogen) atoms. The molecule has 0 spiro atoms. The fraction of sp³-hybridized carbons (Fsp3) is 0.304. The number of aromatic nitrogens is 1. The van der Waals surface area contributed by atoms with Gasteiger partial charge in [-0.05, 0) is 36.1 Å². The van der Waals surface area contributed by atoms with Crippen LogP contribution < -0.4 is 4.74 Å². The van der Waals surface area contributed by atoms with E-state index in [-0.39, 0.29) is 34.2 Å². The molecule has 0 fully saturated rings. The van der Waals surface area contributed by atoms with Crippen LogP contribution in [0.15, 0.2) is 36.4 Å². The highest BCUT2D eigenvalue weighted by Crippen LogP contribution is 2.32. The number of aromatic carboxylic acids is 1. The molecule has 3 rings (SSSR count). The van der Waals surface area contributed by atoms with Crippen LogP contribution in [0.5, 0.6) is 5.75 Å². The molecule has 0 radical (unpaired) electrons. The third-order valence-electron chi connectivity index (χ3n) is 4.70. The van der Waals surface area contributed by atoms with Crippen molar-refractivity contribution in [3.8, 4) is 5.75 Å². The number of rotatable bonds is 6. The van der Waals surface area contributed by atoms with E-state index in [9.17, 15) is 27.9 Å². The SMILES string of the molecule is CC(C)(C)CCOC(=O)n1c(C(=O)O)cc2cc(F)cc(OCc3ccc(F)cc3F)c21. The van der Waals surface area contributed by atoms with Gasteiger partial charge < -0.3 is 14.6 Å². The van der Waals surface area contributed by atoms with E-state index in [1.54, 1.807) is 0 Å². The van der Waals surface area contributed by atoms with Crippen LogP contribution in [0.25, 0.3) is 10.9 Å². The van der Waals surface area contributed by atoms with E-state index < -0.39 is 41.8 Å². The van der Waals surface area contributed by atoms with Crippen molar-refractivity contribution in [2.24, 2.45) is 5.41 Å². The van der Waals surface area contributed by atoms with Gasteiger partial charge in [-0.1, -0.05) is 20.8 Å². The van der Waals surface area contributed by atoms with Gasteiger partial charge in [0.05, 0.1) is 6.61 Å². The number of ether oxygens (including phenoxy) is 2. The minimum absolute atomic E-state index is 0.00636. The van der Waals surface area contributed by atoms with Crippen LogP contribution in [0.4, 0.5) is 18.0 Å². The Morgan fingerprint density at radius 3 is 2.38 bits per heavy atom. The van der Waals surface area contributed by atoms with Crippen molar-refractivity contribution in [1.82, 2.24) is 4.57 Å². The summed E-state index contributed by atoms with van der Waals surface area (Å²) in [6, 6.07) is 6.01. The van der Waals surface area contributed by atoms with E-state index in [0.717, 1.165) is 28.8 Å². The third kappa shape index (κ3) is 5.22. The molecule has 2 aromatic carbocycles. The zero-order valence-corrected chi connectivity index (χ0v) is 17.7. The van der Waals surface area contributed by atoms with Crippen molar-refractivity contribution >= 4 is 23.0 Å². The van der Waals surface area contributed by atoms with Crippen molar-refractivity contribution in [3.63, 3.8) is 0 Å². The molecule has 0 aliphatic carbocycles. The summed E-state index contributed by atoms with van der Waals surface area (Å²) in [5, 5.41) is 9.64. The Balaban J connectivity index is 2.00. The summed E-state index contributed by atoms with van der Waals surface area (Å²) in [7, 11) is 0. The maximum atomic E-state index is 14.2. The Hall–Kier alpha value is -3.49. The summed E-state index contributed by atoms with van der Waals surface area (Å²) in [6.45, 7) is 5.50. The second kappa shape index (κ2) is 8.94. The average Bonchev–Trinajstić information content (AvgIpc) is 3.05. The molecule has 0 unspecified atom stereocenters. The Labute approximate surface area is 182 Å². The van der Waals surface area contributed by atoms with Gasteiger partial charge in [0.15, 0.2) is 0 Å². The molecule has 9 heteroatoms. The first-order chi connectivity index (χ1) is 15.0. The molecule has 6 nitrogen and oxygen atoms in total. The summed E-state index contributed by atoms with van der Waals surface area (Å²) < 4.78 is 52.8. The second-order valence-electron chi connectivity index (χ2n) is 8.46. The van der Waals surface area contributed by atoms with Crippen LogP contribution in [-0.4, -0.2) is 28.3 Å². The summed E-state index contributed by atoms with van der Waals surface area (Å²) in [6.07, 6.45) is -0.437. The van der Waals surface area contributed by atoms with Crippen molar-refractivity contribution in [2.75, 3.05) is 6.61 Å². The minimum Gasteiger partial charge on any atom is -0.486 e. The molecule has 1 heterocycles. The normalized spacial score (nSPS) is 11.6. The van der Waals surface area contributed by atoms with Crippen LogP contribution in [0.1, 0.15) is 43.2 Å². The van der Waals surface area contributed by atoms with Crippen molar-refractivity contribution < 1.29 is 37.3 Å². The molecular formula is C23H22F3NO5. The number of fused-ring (bicyclic) bond motifs is 1. The smallest absolute Gasteiger partial charge is 0.419 e. The van der Waals surface area contributed by atoms with Crippen LogP contribution >= 0.6 is 0 Å². The predicted octanol–water partition coefficient (Wildman–Crippen LogP) is 5.76. The van der Waals surface area contributed by atoms with Gasteiger partial charge in [0, 0.05) is 23.1 Å². The molecule has 1 N–H and O–H groups in total. The summed E-state index contributed by atoms with van der Waals surface area (Å²) >= 11 is 0. The summed E-state index contributed by atoms with van der Waals surface area (Å²) in [4.78, 5) is 24.5. The molecule has 0 saturated heterocycles. The van der Waals surface area contributed by atoms with Gasteiger partial charge in [0.1, 0.15) is 41.0 Å². The fourth-order valence-corrected chi connectivity index (χ4v) is 3.04. The number of hydrogen-bond donors (Lipinski definition) is 1. The molecule has 0 saturated carbocycles. The number of nitrogens with zero attached hydrogens (tertiary/aromatic N) is 1. The first-order valence-electron chi connectivity index (χ1n) is 9.78. The molecule has 170 valence electrons. The lowest BCUT2D eigenvalue weighted by atomic mass is 9.93. The van der Waals surface area contributed by atoms with Gasteiger partial charge in [0.25, 0.3) is 0 Å². The number of carboxylic acid groups (broad SMARTS) is 1. The first kappa shape index (κ1) is 23.2. The maximum absolute atomic E-state index is 14.2. The van der Waals surface area contributed by atoms with E-state index in [1.807, 2.05) is 20.8 Å². The van der Waals surface area contributed by atoms with Crippen LogP contribution in [0.2, 0.25) is 0 Å². The molecule has 0 aliphatic rings. The van der Waals surface area contributed by atoms with Crippen molar-refractivity contribution in [3.05, 3.63) is 65.1 Å². The quantitative estimate of drug-likeness (QED) is 0.518. The Bertz CT molecular complexity index is 1180. The van der Waals surface area contributed by atoms with Gasteiger partial charge in [-0.25, -0.2) is 27.3 Å². The lowest BCUT2D eigenvalue weighted by molar-refractivity contribution is 0.0680. The zero-order chi connectivity index (χ0) is 23.6. The Morgan fingerprint density at radius 1 is 1.03 bits per heavy atom. The number of benzene rings is 2. The minimum atomic E-state index is -1.43. The fourth-order valence-electron chi connectivity index (χ4n) is 3.04. The Morgan fingerprint density at radius 2 is 1.75 bits per heavy atom. The highest BCUT2D eigenvalue weighted by molar-refractivity contribution is 6.02. The van der Waals surface area contributed by atoms with Gasteiger partial charge in [0.2, 0.25) is 0 Å². The van der Waals surface area contributed by atoms with Gasteiger partial charge in [-0.2, -0.15) is 0 Å². The number of carboxylic acids is 1. The van der Waals surface area contributed by atoms with Crippen LogP contribution in [0.3, 0.4) is 0 Å². The number of carbonyl (C=O) groups excluding carboxylic acids is 1. The largest absolute Gasteiger partial charge is 0.486 e. The van der Waals surface area contributed by atoms with Crippen molar-refractivity contribution in [2.45, 2.75) is 33.8 Å². The molecule has 0 bridgehead atoms. The molecule has 0 aliphatic heterocycles. The molecule has 0 atom stereocenters. The summed E-state index contributed by atoms with van der Waals surface area (Å²) in [5.41, 5.74) is -0.602. The highest BCUT2D eigenvalue weighted by Gasteiger charge is 2.25. The van der Waals surface area contributed by atoms with Crippen molar-refractivity contribution in [1.29, 1.82) is 0 Å². The van der Waals surface area contributed by atoms with Gasteiger partial charge >= 0.3 is 12.1 Å². The number of halogens is 3. The molecule has 1 aromatic heterocycles. The van der Waals surface area contributed by atoms with Gasteiger partial charge in [-0.15, -0.1) is 0 Å². The van der Waals surface area contributed by atoms with Gasteiger partial charge in [-0.3, -0.25) is 0 Å². The molecule has 0 amide bonds. The maximum Gasteiger partial charge on any atom is 0.419 e. The number of hydrogen-bond acceptors (Lipinski definition) is 4. The standard InChI is InChI=1S/C23H22F3NO5/c1-23(2,3)6-7-31-22(30)27-18(21(28)29)9-14-8-16(25)11-19(20(14)27)32-12-13-4-5-15(24)10-17(13)26/h4-5,8-11H,6-7,12H2,1-3H3,(H,28,29). The van der Waals surface area contributed by atoms with E-state index >= 15 is 0 Å². The van der Waals surface area contributed by atoms with E-state index in [4.69, 9.17) is 9.47 Å². The van der Waals surface area contributed by atoms with Crippen LogP contribution in [0, 0.1) is 22.9 Å². The molecule has 3 aromatic rings. The van der Waals surface area contributed by atoms with E-state index in [2.05, 4.69) is 0 Å². The highest BCUT2D eigenvalue weighted by atomic mass is 19.1. The second-order valence-corrected chi connectivity index (χ2v) is 8.46. The van der Waals surface area contributed by atoms with E-state index in [0.29, 0.717) is 12.5 Å². The zero-order valence-electron chi connectivity index (χ0n) is 17.7. The first-order valence-corrected chi connectivity index (χ1v) is 9.78. The van der Waals surface area contributed by atoms with Crippen LogP contribution in [-0.2, 0) is 11.3 Å². The lowest BCUT2D eigenvalue weighted by Gasteiger charge is -2.18. The lowest BCUT2D eigenvalue weighted by Crippen LogP contribution is -2.21. The number of carbonyl (C=O) groups is 2.